The minimum Gasteiger partial charge on any atom is -0.393 e. The largest absolute Gasteiger partial charge is 0.393 e. The first kappa shape index (κ1) is 12.4. The fourth-order valence-electron chi connectivity index (χ4n) is 3.77. The second kappa shape index (κ2) is 5.05. The summed E-state index contributed by atoms with van der Waals surface area (Å²) in [6.45, 7) is 1.69. The third-order valence-electron chi connectivity index (χ3n) is 5.04. The lowest BCUT2D eigenvalue weighted by molar-refractivity contribution is -0.0640. The van der Waals surface area contributed by atoms with Crippen LogP contribution in [0.25, 0.3) is 0 Å². The van der Waals surface area contributed by atoms with Gasteiger partial charge in [-0.05, 0) is 50.4 Å². The molecule has 1 unspecified atom stereocenters. The van der Waals surface area contributed by atoms with Crippen LogP contribution < -0.4 is 0 Å². The summed E-state index contributed by atoms with van der Waals surface area (Å²) < 4.78 is 0. The van der Waals surface area contributed by atoms with Gasteiger partial charge >= 0.3 is 0 Å². The number of aliphatic hydroxyl groups is 2. The highest BCUT2D eigenvalue weighted by atomic mass is 16.3. The molecule has 1 atom stereocenters. The van der Waals surface area contributed by atoms with Gasteiger partial charge < -0.3 is 10.2 Å². The van der Waals surface area contributed by atoms with E-state index in [-0.39, 0.29) is 6.61 Å². The van der Waals surface area contributed by atoms with E-state index in [1.165, 1.54) is 38.5 Å². The molecule has 0 bridgehead atoms. The maximum Gasteiger partial charge on any atom is 0.0877 e. The monoisotopic (exact) mass is 226 g/mol. The van der Waals surface area contributed by atoms with Gasteiger partial charge in [0.1, 0.15) is 0 Å². The Bertz CT molecular complexity index is 211. The molecule has 2 fully saturated rings. The minimum atomic E-state index is -0.847. The first-order valence-corrected chi connectivity index (χ1v) is 6.96. The normalized spacial score (nSPS) is 36.2. The first-order chi connectivity index (χ1) is 7.63. The fourth-order valence-corrected chi connectivity index (χ4v) is 3.77. The van der Waals surface area contributed by atoms with Crippen molar-refractivity contribution in [1.82, 2.24) is 0 Å². The molecule has 94 valence electrons. The van der Waals surface area contributed by atoms with Crippen molar-refractivity contribution < 1.29 is 10.2 Å². The maximum absolute atomic E-state index is 10.0. The standard InChI is InChI=1S/C14H26O2/c1-14(16,10-15)13-8-6-12(7-9-13)11-4-2-3-5-11/h11-13,15-16H,2-10H2,1H3. The second-order valence-electron chi connectivity index (χ2n) is 6.17. The summed E-state index contributed by atoms with van der Waals surface area (Å²) >= 11 is 0. The molecular formula is C14H26O2. The Hall–Kier alpha value is -0.0800. The van der Waals surface area contributed by atoms with E-state index < -0.39 is 5.60 Å². The molecule has 0 heterocycles. The zero-order valence-electron chi connectivity index (χ0n) is 10.5. The van der Waals surface area contributed by atoms with Crippen LogP contribution in [0.4, 0.5) is 0 Å². The summed E-state index contributed by atoms with van der Waals surface area (Å²) in [4.78, 5) is 0. The van der Waals surface area contributed by atoms with Crippen molar-refractivity contribution in [2.24, 2.45) is 17.8 Å². The highest BCUT2D eigenvalue weighted by Gasteiger charge is 2.36. The molecule has 16 heavy (non-hydrogen) atoms. The number of hydrogen-bond donors (Lipinski definition) is 2. The van der Waals surface area contributed by atoms with E-state index >= 15 is 0 Å². The molecule has 2 saturated carbocycles. The number of rotatable bonds is 3. The molecule has 2 aliphatic carbocycles. The summed E-state index contributed by atoms with van der Waals surface area (Å²) in [5.74, 6) is 2.20. The van der Waals surface area contributed by atoms with Crippen LogP contribution in [0.2, 0.25) is 0 Å². The van der Waals surface area contributed by atoms with Gasteiger partial charge in [0.2, 0.25) is 0 Å². The quantitative estimate of drug-likeness (QED) is 0.777. The first-order valence-electron chi connectivity index (χ1n) is 6.96. The van der Waals surface area contributed by atoms with Crippen molar-refractivity contribution >= 4 is 0 Å². The molecule has 0 radical (unpaired) electrons. The zero-order valence-corrected chi connectivity index (χ0v) is 10.5. The molecule has 2 rings (SSSR count). The Labute approximate surface area is 99.1 Å². The van der Waals surface area contributed by atoms with Gasteiger partial charge in [-0.15, -0.1) is 0 Å². The van der Waals surface area contributed by atoms with E-state index in [1.54, 1.807) is 6.92 Å². The van der Waals surface area contributed by atoms with Crippen molar-refractivity contribution in [3.63, 3.8) is 0 Å². The highest BCUT2D eigenvalue weighted by Crippen LogP contribution is 2.43. The third kappa shape index (κ3) is 2.60. The van der Waals surface area contributed by atoms with E-state index in [0.29, 0.717) is 5.92 Å². The van der Waals surface area contributed by atoms with Crippen LogP contribution in [0.3, 0.4) is 0 Å². The van der Waals surface area contributed by atoms with Gasteiger partial charge in [0.25, 0.3) is 0 Å². The van der Waals surface area contributed by atoms with Crippen molar-refractivity contribution in [3.05, 3.63) is 0 Å². The van der Waals surface area contributed by atoms with Crippen molar-refractivity contribution in [2.75, 3.05) is 6.61 Å². The van der Waals surface area contributed by atoms with E-state index in [2.05, 4.69) is 0 Å². The van der Waals surface area contributed by atoms with Gasteiger partial charge in [0.15, 0.2) is 0 Å². The molecule has 0 aromatic carbocycles. The average molecular weight is 226 g/mol. The van der Waals surface area contributed by atoms with Gasteiger partial charge in [-0.3, -0.25) is 0 Å². The lowest BCUT2D eigenvalue weighted by atomic mass is 9.70. The molecule has 0 amide bonds. The smallest absolute Gasteiger partial charge is 0.0877 e. The summed E-state index contributed by atoms with van der Waals surface area (Å²) in [6, 6.07) is 0. The molecule has 2 aliphatic rings. The van der Waals surface area contributed by atoms with Gasteiger partial charge in [0.05, 0.1) is 12.2 Å². The molecule has 0 aromatic heterocycles. The molecule has 2 heteroatoms. The zero-order chi connectivity index (χ0) is 11.6. The van der Waals surface area contributed by atoms with Crippen molar-refractivity contribution in [2.45, 2.75) is 63.9 Å². The molecule has 0 saturated heterocycles. The Morgan fingerprint density at radius 1 is 0.938 bits per heavy atom. The Balaban J connectivity index is 1.82. The van der Waals surface area contributed by atoms with Crippen molar-refractivity contribution in [1.29, 1.82) is 0 Å². The van der Waals surface area contributed by atoms with E-state index in [1.807, 2.05) is 0 Å². The SMILES string of the molecule is CC(O)(CO)C1CCC(C2CCCC2)CC1. The van der Waals surface area contributed by atoms with E-state index in [0.717, 1.165) is 24.7 Å². The molecular weight excluding hydrogens is 200 g/mol. The number of aliphatic hydroxyl groups excluding tert-OH is 1. The maximum atomic E-state index is 10.0. The van der Waals surface area contributed by atoms with Crippen LogP contribution in [0.1, 0.15) is 58.3 Å². The summed E-state index contributed by atoms with van der Waals surface area (Å²) in [7, 11) is 0. The summed E-state index contributed by atoms with van der Waals surface area (Å²) in [6.07, 6.45) is 10.5. The van der Waals surface area contributed by atoms with Crippen molar-refractivity contribution in [3.8, 4) is 0 Å². The Morgan fingerprint density at radius 2 is 1.44 bits per heavy atom. The molecule has 2 N–H and O–H groups in total. The highest BCUT2D eigenvalue weighted by molar-refractivity contribution is 4.88. The number of hydrogen-bond acceptors (Lipinski definition) is 2. The summed E-state index contributed by atoms with van der Waals surface area (Å²) in [5, 5.41) is 19.2. The van der Waals surface area contributed by atoms with Gasteiger partial charge in [-0.2, -0.15) is 0 Å². The van der Waals surface area contributed by atoms with Gasteiger partial charge in [0, 0.05) is 0 Å². The van der Waals surface area contributed by atoms with E-state index in [9.17, 15) is 10.2 Å². The lowest BCUT2D eigenvalue weighted by Gasteiger charge is -2.38. The van der Waals surface area contributed by atoms with E-state index in [4.69, 9.17) is 0 Å². The van der Waals surface area contributed by atoms with Crippen LogP contribution in [0.5, 0.6) is 0 Å². The predicted molar refractivity (Wildman–Crippen MR) is 65.1 cm³/mol. The summed E-state index contributed by atoms with van der Waals surface area (Å²) in [5.41, 5.74) is -0.847. The van der Waals surface area contributed by atoms with Crippen LogP contribution in [-0.4, -0.2) is 22.4 Å². The van der Waals surface area contributed by atoms with Crippen LogP contribution in [-0.2, 0) is 0 Å². The van der Waals surface area contributed by atoms with Gasteiger partial charge in [-0.1, -0.05) is 25.7 Å². The third-order valence-corrected chi connectivity index (χ3v) is 5.04. The molecule has 0 aliphatic heterocycles. The predicted octanol–water partition coefficient (Wildman–Crippen LogP) is 2.73. The Morgan fingerprint density at radius 3 is 1.94 bits per heavy atom. The molecule has 0 aromatic rings. The molecule has 0 spiro atoms. The minimum absolute atomic E-state index is 0.0915. The van der Waals surface area contributed by atoms with Crippen LogP contribution >= 0.6 is 0 Å². The van der Waals surface area contributed by atoms with Crippen LogP contribution in [0, 0.1) is 17.8 Å². The fraction of sp³-hybridized carbons (Fsp3) is 1.00. The van der Waals surface area contributed by atoms with Crippen LogP contribution in [0.15, 0.2) is 0 Å². The average Bonchev–Trinajstić information content (AvgIpc) is 2.83. The second-order valence-corrected chi connectivity index (χ2v) is 6.17. The molecule has 2 nitrogen and oxygen atoms in total. The Kier molecular flexibility index (Phi) is 3.91. The lowest BCUT2D eigenvalue weighted by Crippen LogP contribution is -2.40. The van der Waals surface area contributed by atoms with Gasteiger partial charge in [-0.25, -0.2) is 0 Å². The topological polar surface area (TPSA) is 40.5 Å².